The number of nitrogens with zero attached hydrogens (tertiary/aromatic N) is 2. The molecule has 1 aliphatic heterocycles. The molecule has 0 unspecified atom stereocenters. The lowest BCUT2D eigenvalue weighted by Crippen LogP contribution is -2.45. The van der Waals surface area contributed by atoms with Crippen LogP contribution in [0.3, 0.4) is 0 Å². The third-order valence-corrected chi connectivity index (χ3v) is 8.32. The molecule has 0 saturated heterocycles. The highest BCUT2D eigenvalue weighted by Gasteiger charge is 2.49. The molecule has 8 heteroatoms. The van der Waals surface area contributed by atoms with Crippen LogP contribution in [-0.2, 0) is 16.0 Å². The smallest absolute Gasteiger partial charge is 0.314 e. The largest absolute Gasteiger partial charge is 0.500 e. The van der Waals surface area contributed by atoms with Crippen molar-refractivity contribution in [1.29, 1.82) is 0 Å². The predicted octanol–water partition coefficient (Wildman–Crippen LogP) is 6.24. The van der Waals surface area contributed by atoms with Gasteiger partial charge in [0.25, 0.3) is 0 Å². The van der Waals surface area contributed by atoms with Crippen LogP contribution in [0.25, 0.3) is 0 Å². The van der Waals surface area contributed by atoms with Crippen molar-refractivity contribution in [2.75, 3.05) is 13.7 Å². The topological polar surface area (TPSA) is 110 Å². The van der Waals surface area contributed by atoms with E-state index in [1.54, 1.807) is 0 Å². The van der Waals surface area contributed by atoms with Gasteiger partial charge in [0.15, 0.2) is 17.3 Å². The van der Waals surface area contributed by atoms with Gasteiger partial charge in [-0.1, -0.05) is 58.0 Å². The van der Waals surface area contributed by atoms with Crippen molar-refractivity contribution in [3.8, 4) is 11.5 Å². The first-order valence-electron chi connectivity index (χ1n) is 13.7. The van der Waals surface area contributed by atoms with E-state index in [1.807, 2.05) is 18.2 Å². The Morgan fingerprint density at radius 2 is 1.50 bits per heavy atom. The van der Waals surface area contributed by atoms with Gasteiger partial charge in [0.1, 0.15) is 0 Å². The Hall–Kier alpha value is -3.94. The summed E-state index contributed by atoms with van der Waals surface area (Å²) in [6.45, 7) is 8.92. The lowest BCUT2D eigenvalue weighted by Gasteiger charge is -2.49. The number of nitro benzene ring substituents is 1. The zero-order valence-corrected chi connectivity index (χ0v) is 23.7. The second-order valence-electron chi connectivity index (χ2n) is 12.8. The minimum atomic E-state index is -0.765. The normalized spacial score (nSPS) is 20.4. The molecule has 0 bridgehead atoms. The zero-order valence-electron chi connectivity index (χ0n) is 23.7. The van der Waals surface area contributed by atoms with Crippen LogP contribution in [0.15, 0.2) is 65.0 Å². The van der Waals surface area contributed by atoms with Gasteiger partial charge < -0.3 is 14.7 Å². The van der Waals surface area contributed by atoms with Crippen LogP contribution < -0.4 is 4.74 Å². The van der Waals surface area contributed by atoms with Gasteiger partial charge in [-0.2, -0.15) is 0 Å². The Morgan fingerprint density at radius 1 is 0.950 bits per heavy atom. The number of methoxy groups -OCH3 is 1. The molecule has 0 atom stereocenters. The molecule has 0 fully saturated rings. The number of allylic oxidation sites excluding steroid dienone is 4. The molecule has 8 nitrogen and oxygen atoms in total. The molecule has 40 heavy (non-hydrogen) atoms. The maximum absolute atomic E-state index is 14.0. The number of Topliss-reactive ketones (excluding diaryl/α,β-unsaturated/α-hetero) is 2. The minimum Gasteiger partial charge on any atom is -0.500 e. The third-order valence-electron chi connectivity index (χ3n) is 8.32. The van der Waals surface area contributed by atoms with Crippen molar-refractivity contribution in [2.24, 2.45) is 10.8 Å². The van der Waals surface area contributed by atoms with Crippen LogP contribution in [0, 0.1) is 20.9 Å². The first-order chi connectivity index (χ1) is 18.8. The summed E-state index contributed by atoms with van der Waals surface area (Å²) in [6.07, 6.45) is 2.65. The van der Waals surface area contributed by atoms with E-state index >= 15 is 0 Å². The molecule has 2 aliphatic carbocycles. The number of rotatable bonds is 6. The molecule has 1 N–H and O–H groups in total. The Morgan fingerprint density at radius 3 is 2.00 bits per heavy atom. The summed E-state index contributed by atoms with van der Waals surface area (Å²) in [5.41, 5.74) is 3.33. The number of hydrogen-bond acceptors (Lipinski definition) is 7. The van der Waals surface area contributed by atoms with Gasteiger partial charge in [-0.25, -0.2) is 0 Å². The average molecular weight is 545 g/mol. The monoisotopic (exact) mass is 544 g/mol. The van der Waals surface area contributed by atoms with Crippen molar-refractivity contribution in [2.45, 2.75) is 65.7 Å². The van der Waals surface area contributed by atoms with E-state index in [2.05, 4.69) is 44.7 Å². The highest BCUT2D eigenvalue weighted by Crippen LogP contribution is 2.55. The Labute approximate surface area is 234 Å². The maximum Gasteiger partial charge on any atom is 0.314 e. The summed E-state index contributed by atoms with van der Waals surface area (Å²) in [7, 11) is 1.33. The number of hydrogen-bond donors (Lipinski definition) is 1. The standard InChI is InChI=1S/C32H36N2O6/c1-31(2)15-22-28(24(35)17-31)27(20-13-21(34(38)39)30(37)26(14-20)40-5)29-23(16-32(3,4)18-25(29)36)33(22)12-11-19-9-7-6-8-10-19/h6-10,13-14,27,37H,11-12,15-18H2,1-5H3. The molecular formula is C32H36N2O6. The van der Waals surface area contributed by atoms with Crippen molar-refractivity contribution in [3.63, 3.8) is 0 Å². The highest BCUT2D eigenvalue weighted by atomic mass is 16.6. The number of nitro groups is 1. The molecule has 210 valence electrons. The van der Waals surface area contributed by atoms with Crippen LogP contribution in [0.5, 0.6) is 11.5 Å². The van der Waals surface area contributed by atoms with Crippen LogP contribution in [0.2, 0.25) is 0 Å². The number of carbonyl (C=O) groups is 2. The van der Waals surface area contributed by atoms with Crippen molar-refractivity contribution in [3.05, 3.63) is 86.2 Å². The first kappa shape index (κ1) is 27.6. The zero-order chi connectivity index (χ0) is 29.0. The van der Waals surface area contributed by atoms with Gasteiger partial charge in [-0.15, -0.1) is 0 Å². The van der Waals surface area contributed by atoms with E-state index in [4.69, 9.17) is 4.74 Å². The van der Waals surface area contributed by atoms with E-state index in [9.17, 15) is 24.8 Å². The Bertz CT molecular complexity index is 1410. The summed E-state index contributed by atoms with van der Waals surface area (Å²) in [5.74, 6) is -1.52. The lowest BCUT2D eigenvalue weighted by molar-refractivity contribution is -0.386. The van der Waals surface area contributed by atoms with Crippen LogP contribution in [0.4, 0.5) is 5.69 Å². The van der Waals surface area contributed by atoms with Crippen LogP contribution in [-0.4, -0.2) is 40.2 Å². The van der Waals surface area contributed by atoms with Crippen molar-refractivity contribution < 1.29 is 24.4 Å². The Balaban J connectivity index is 1.76. The first-order valence-corrected chi connectivity index (χ1v) is 13.7. The minimum absolute atomic E-state index is 0.0557. The highest BCUT2D eigenvalue weighted by molar-refractivity contribution is 6.07. The fourth-order valence-corrected chi connectivity index (χ4v) is 6.61. The summed E-state index contributed by atoms with van der Waals surface area (Å²) < 4.78 is 5.30. The average Bonchev–Trinajstić information content (AvgIpc) is 2.86. The number of carbonyl (C=O) groups excluding carboxylic acids is 2. The molecule has 0 amide bonds. The molecular weight excluding hydrogens is 508 g/mol. The van der Waals surface area contributed by atoms with Crippen molar-refractivity contribution in [1.82, 2.24) is 4.90 Å². The fraction of sp³-hybridized carbons (Fsp3) is 0.438. The summed E-state index contributed by atoms with van der Waals surface area (Å²) in [6, 6.07) is 13.0. The second-order valence-corrected chi connectivity index (χ2v) is 12.8. The number of ketones is 2. The summed E-state index contributed by atoms with van der Waals surface area (Å²) >= 11 is 0. The lowest BCUT2D eigenvalue weighted by atomic mass is 9.63. The van der Waals surface area contributed by atoms with E-state index in [-0.39, 0.29) is 28.1 Å². The molecule has 2 aromatic carbocycles. The Kier molecular flexibility index (Phi) is 6.84. The second kappa shape index (κ2) is 9.91. The molecule has 0 radical (unpaired) electrons. The predicted molar refractivity (Wildman–Crippen MR) is 151 cm³/mol. The van der Waals surface area contributed by atoms with Gasteiger partial charge in [0, 0.05) is 53.9 Å². The van der Waals surface area contributed by atoms with E-state index in [0.29, 0.717) is 48.9 Å². The molecule has 3 aliphatic rings. The third kappa shape index (κ3) is 4.91. The van der Waals surface area contributed by atoms with Crippen molar-refractivity contribution >= 4 is 17.3 Å². The van der Waals surface area contributed by atoms with Crippen LogP contribution in [0.1, 0.15) is 70.4 Å². The van der Waals surface area contributed by atoms with Gasteiger partial charge in [-0.05, 0) is 47.3 Å². The summed E-state index contributed by atoms with van der Waals surface area (Å²) in [4.78, 5) is 41.4. The number of phenols is 1. The molecule has 0 spiro atoms. The van der Waals surface area contributed by atoms with E-state index in [0.717, 1.165) is 23.4 Å². The summed E-state index contributed by atoms with van der Waals surface area (Å²) in [5, 5.41) is 22.4. The van der Waals surface area contributed by atoms with Gasteiger partial charge in [0.2, 0.25) is 5.75 Å². The quantitative estimate of drug-likeness (QED) is 0.339. The molecule has 1 heterocycles. The maximum atomic E-state index is 14.0. The number of aromatic hydroxyl groups is 1. The molecule has 0 saturated carbocycles. The number of benzene rings is 2. The van der Waals surface area contributed by atoms with E-state index in [1.165, 1.54) is 19.2 Å². The molecule has 5 rings (SSSR count). The van der Waals surface area contributed by atoms with Gasteiger partial charge >= 0.3 is 5.69 Å². The SMILES string of the molecule is COc1cc(C2C3=C(CC(C)(C)CC3=O)N(CCc3ccccc3)C3=C2C(=O)CC(C)(C)C3)cc([N+](=O)[O-])c1O. The molecule has 0 aromatic heterocycles. The van der Waals surface area contributed by atoms with Crippen LogP contribution >= 0.6 is 0 Å². The number of phenolic OH excluding ortho intramolecular Hbond substituents is 1. The van der Waals surface area contributed by atoms with Gasteiger partial charge in [-0.3, -0.25) is 19.7 Å². The number of ether oxygens (including phenoxy) is 1. The van der Waals surface area contributed by atoms with E-state index < -0.39 is 22.3 Å². The fourth-order valence-electron chi connectivity index (χ4n) is 6.61. The molecule has 2 aromatic rings. The van der Waals surface area contributed by atoms with Gasteiger partial charge in [0.05, 0.1) is 12.0 Å².